The van der Waals surface area contributed by atoms with E-state index in [2.05, 4.69) is 57.2 Å². The molecule has 0 radical (unpaired) electrons. The molecule has 1 N–H and O–H groups in total. The summed E-state index contributed by atoms with van der Waals surface area (Å²) >= 11 is 5.21. The van der Waals surface area contributed by atoms with Gasteiger partial charge in [0.25, 0.3) is 0 Å². The van der Waals surface area contributed by atoms with Crippen LogP contribution in [0.3, 0.4) is 0 Å². The van der Waals surface area contributed by atoms with Crippen LogP contribution in [0.15, 0.2) is 34.2 Å². The number of thiazole rings is 1. The number of hydrogen-bond acceptors (Lipinski definition) is 4. The number of anilines is 1. The van der Waals surface area contributed by atoms with Crippen LogP contribution in [0.4, 0.5) is 5.69 Å². The van der Waals surface area contributed by atoms with Gasteiger partial charge in [0, 0.05) is 34.7 Å². The van der Waals surface area contributed by atoms with Crippen molar-refractivity contribution >= 4 is 33.0 Å². The van der Waals surface area contributed by atoms with Gasteiger partial charge in [-0.3, -0.25) is 4.90 Å². The van der Waals surface area contributed by atoms with Crippen molar-refractivity contribution in [2.45, 2.75) is 13.5 Å². The molecule has 0 amide bonds. The molecule has 0 unspecified atom stereocenters. The average molecular weight is 340 g/mol. The lowest BCUT2D eigenvalue weighted by Gasteiger charge is -2.16. The Morgan fingerprint density at radius 2 is 2.26 bits per heavy atom. The maximum Gasteiger partial charge on any atom is 0.0798 e. The van der Waals surface area contributed by atoms with E-state index in [0.29, 0.717) is 0 Å². The molecular formula is C14H18BrN3S. The van der Waals surface area contributed by atoms with E-state index in [1.807, 2.05) is 17.6 Å². The van der Waals surface area contributed by atoms with E-state index in [-0.39, 0.29) is 0 Å². The largest absolute Gasteiger partial charge is 0.384 e. The Balaban J connectivity index is 1.75. The molecule has 0 aliphatic rings. The summed E-state index contributed by atoms with van der Waals surface area (Å²) < 4.78 is 1.10. The van der Waals surface area contributed by atoms with Gasteiger partial charge >= 0.3 is 0 Å². The lowest BCUT2D eigenvalue weighted by Crippen LogP contribution is -2.24. The molecular weight excluding hydrogens is 322 g/mol. The average Bonchev–Trinajstić information content (AvgIpc) is 2.75. The molecule has 0 saturated carbocycles. The Labute approximate surface area is 126 Å². The Hall–Kier alpha value is -0.910. The molecule has 0 aliphatic carbocycles. The highest BCUT2D eigenvalue weighted by Gasteiger charge is 2.05. The van der Waals surface area contributed by atoms with Crippen LogP contribution in [0.1, 0.15) is 10.6 Å². The van der Waals surface area contributed by atoms with Crippen molar-refractivity contribution in [1.29, 1.82) is 0 Å². The summed E-state index contributed by atoms with van der Waals surface area (Å²) in [4.78, 5) is 7.94. The number of rotatable bonds is 6. The van der Waals surface area contributed by atoms with Crippen molar-refractivity contribution in [1.82, 2.24) is 9.88 Å². The Morgan fingerprint density at radius 1 is 1.42 bits per heavy atom. The predicted octanol–water partition coefficient (Wildman–Crippen LogP) is 3.76. The van der Waals surface area contributed by atoms with Gasteiger partial charge in [-0.2, -0.15) is 0 Å². The number of benzene rings is 1. The first kappa shape index (κ1) is 14.5. The molecule has 0 bridgehead atoms. The molecule has 102 valence electrons. The van der Waals surface area contributed by atoms with Crippen LogP contribution in [0, 0.1) is 6.92 Å². The van der Waals surface area contributed by atoms with Crippen LogP contribution in [-0.4, -0.2) is 30.0 Å². The first-order valence-electron chi connectivity index (χ1n) is 6.22. The fourth-order valence-corrected chi connectivity index (χ4v) is 3.05. The van der Waals surface area contributed by atoms with Gasteiger partial charge in [-0.05, 0) is 32.2 Å². The third-order valence-corrected chi connectivity index (χ3v) is 4.32. The second-order valence-corrected chi connectivity index (χ2v) is 6.39. The van der Waals surface area contributed by atoms with Gasteiger partial charge in [-0.1, -0.05) is 22.0 Å². The van der Waals surface area contributed by atoms with Crippen LogP contribution < -0.4 is 5.32 Å². The van der Waals surface area contributed by atoms with E-state index >= 15 is 0 Å². The molecule has 3 nitrogen and oxygen atoms in total. The Bertz CT molecular complexity index is 527. The molecule has 1 aromatic heterocycles. The number of aromatic nitrogens is 1. The highest BCUT2D eigenvalue weighted by atomic mass is 79.9. The summed E-state index contributed by atoms with van der Waals surface area (Å²) in [6.07, 6.45) is 0. The molecule has 2 rings (SSSR count). The quantitative estimate of drug-likeness (QED) is 0.868. The molecule has 1 heterocycles. The highest BCUT2D eigenvalue weighted by molar-refractivity contribution is 9.10. The van der Waals surface area contributed by atoms with Crippen LogP contribution in [0.5, 0.6) is 0 Å². The van der Waals surface area contributed by atoms with Crippen LogP contribution >= 0.6 is 27.3 Å². The fraction of sp³-hybridized carbons (Fsp3) is 0.357. The topological polar surface area (TPSA) is 28.2 Å². The summed E-state index contributed by atoms with van der Waals surface area (Å²) in [5.74, 6) is 0. The van der Waals surface area contributed by atoms with Crippen LogP contribution in [0.2, 0.25) is 0 Å². The minimum atomic E-state index is 0.935. The van der Waals surface area contributed by atoms with Gasteiger partial charge in [0.2, 0.25) is 0 Å². The van der Waals surface area contributed by atoms with E-state index in [1.54, 1.807) is 11.3 Å². The highest BCUT2D eigenvalue weighted by Crippen LogP contribution is 2.16. The van der Waals surface area contributed by atoms with Gasteiger partial charge in [-0.15, -0.1) is 11.3 Å². The molecule has 0 atom stereocenters. The maximum absolute atomic E-state index is 4.28. The summed E-state index contributed by atoms with van der Waals surface area (Å²) in [6.45, 7) is 4.98. The molecule has 19 heavy (non-hydrogen) atoms. The number of hydrogen-bond donors (Lipinski definition) is 1. The SMILES string of the molecule is Cc1ncsc1CN(C)CCNc1cccc(Br)c1. The third kappa shape index (κ3) is 4.60. The van der Waals surface area contributed by atoms with Crippen molar-refractivity contribution in [2.24, 2.45) is 0 Å². The van der Waals surface area contributed by atoms with Crippen LogP contribution in [-0.2, 0) is 6.54 Å². The second-order valence-electron chi connectivity index (χ2n) is 4.54. The van der Waals surface area contributed by atoms with Crippen molar-refractivity contribution in [3.63, 3.8) is 0 Å². The number of nitrogens with one attached hydrogen (secondary N) is 1. The standard InChI is InChI=1S/C14H18BrN3S/c1-11-14(19-10-17-11)9-18(2)7-6-16-13-5-3-4-12(15)8-13/h3-5,8,10,16H,6-7,9H2,1-2H3. The van der Waals surface area contributed by atoms with E-state index in [1.165, 1.54) is 4.88 Å². The van der Waals surface area contributed by atoms with Gasteiger partial charge in [0.05, 0.1) is 11.2 Å². The van der Waals surface area contributed by atoms with Gasteiger partial charge in [-0.25, -0.2) is 4.98 Å². The fourth-order valence-electron chi connectivity index (χ4n) is 1.79. The number of halogens is 1. The zero-order valence-electron chi connectivity index (χ0n) is 11.2. The van der Waals surface area contributed by atoms with Gasteiger partial charge in [0.15, 0.2) is 0 Å². The second kappa shape index (κ2) is 7.03. The molecule has 2 aromatic rings. The zero-order valence-corrected chi connectivity index (χ0v) is 13.6. The molecule has 0 fully saturated rings. The smallest absolute Gasteiger partial charge is 0.0798 e. The van der Waals surface area contributed by atoms with E-state index < -0.39 is 0 Å². The minimum Gasteiger partial charge on any atom is -0.384 e. The first-order chi connectivity index (χ1) is 9.15. The van der Waals surface area contributed by atoms with Crippen LogP contribution in [0.25, 0.3) is 0 Å². The summed E-state index contributed by atoms with van der Waals surface area (Å²) in [7, 11) is 2.14. The van der Waals surface area contributed by atoms with Gasteiger partial charge in [0.1, 0.15) is 0 Å². The summed E-state index contributed by atoms with van der Waals surface area (Å²) in [6, 6.07) is 8.24. The number of likely N-dealkylation sites (N-methyl/N-ethyl adjacent to an activating group) is 1. The lowest BCUT2D eigenvalue weighted by molar-refractivity contribution is 0.342. The minimum absolute atomic E-state index is 0.935. The van der Waals surface area contributed by atoms with E-state index in [9.17, 15) is 0 Å². The van der Waals surface area contributed by atoms with E-state index in [0.717, 1.165) is 35.5 Å². The molecule has 0 saturated heterocycles. The maximum atomic E-state index is 4.28. The van der Waals surface area contributed by atoms with Crippen molar-refractivity contribution < 1.29 is 0 Å². The normalized spacial score (nSPS) is 10.9. The summed E-state index contributed by atoms with van der Waals surface area (Å²) in [5.41, 5.74) is 4.21. The molecule has 0 spiro atoms. The Morgan fingerprint density at radius 3 is 2.95 bits per heavy atom. The zero-order chi connectivity index (χ0) is 13.7. The van der Waals surface area contributed by atoms with Gasteiger partial charge < -0.3 is 5.32 Å². The molecule has 0 aliphatic heterocycles. The number of aryl methyl sites for hydroxylation is 1. The predicted molar refractivity (Wildman–Crippen MR) is 85.8 cm³/mol. The first-order valence-corrected chi connectivity index (χ1v) is 7.89. The Kier molecular flexibility index (Phi) is 5.36. The molecule has 5 heteroatoms. The third-order valence-electron chi connectivity index (χ3n) is 2.91. The number of nitrogens with zero attached hydrogens (tertiary/aromatic N) is 2. The summed E-state index contributed by atoms with van der Waals surface area (Å²) in [5, 5.41) is 3.43. The lowest BCUT2D eigenvalue weighted by atomic mass is 10.3. The monoisotopic (exact) mass is 339 g/mol. The van der Waals surface area contributed by atoms with E-state index in [4.69, 9.17) is 0 Å². The van der Waals surface area contributed by atoms with Crippen molar-refractivity contribution in [3.05, 3.63) is 44.8 Å². The van der Waals surface area contributed by atoms with Crippen molar-refractivity contribution in [3.8, 4) is 0 Å². The molecule has 1 aromatic carbocycles. The van der Waals surface area contributed by atoms with Crippen molar-refractivity contribution in [2.75, 3.05) is 25.5 Å².